The van der Waals surface area contributed by atoms with Crippen molar-refractivity contribution in [2.24, 2.45) is 0 Å². The number of nitrogens with zero attached hydrogens (tertiary/aromatic N) is 2. The van der Waals surface area contributed by atoms with E-state index in [-0.39, 0.29) is 12.2 Å². The number of carbonyl (C=O) groups excluding carboxylic acids is 1. The van der Waals surface area contributed by atoms with Gasteiger partial charge in [0.15, 0.2) is 0 Å². The Kier molecular flexibility index (Phi) is 5.22. The number of ether oxygens (including phenoxy) is 1. The van der Waals surface area contributed by atoms with Gasteiger partial charge in [0.25, 0.3) is 5.56 Å². The van der Waals surface area contributed by atoms with Crippen molar-refractivity contribution in [1.29, 1.82) is 0 Å². The molecule has 4 rings (SSSR count). The Balaban J connectivity index is 1.45. The average Bonchev–Trinajstić information content (AvgIpc) is 3.22. The molecule has 0 unspecified atom stereocenters. The van der Waals surface area contributed by atoms with Crippen LogP contribution in [0, 0.1) is 6.92 Å². The van der Waals surface area contributed by atoms with Crippen LogP contribution < -0.4 is 5.56 Å². The molecule has 1 aliphatic rings. The highest BCUT2D eigenvalue weighted by Crippen LogP contribution is 2.45. The highest BCUT2D eigenvalue weighted by Gasteiger charge is 2.18. The smallest absolute Gasteiger partial charge is 0.338 e. The van der Waals surface area contributed by atoms with Crippen LogP contribution >= 0.6 is 23.5 Å². The molecule has 0 radical (unpaired) electrons. The Morgan fingerprint density at radius 1 is 1.19 bits per heavy atom. The molecule has 27 heavy (non-hydrogen) atoms. The van der Waals surface area contributed by atoms with Crippen LogP contribution in [0.5, 0.6) is 0 Å². The molecule has 3 aromatic rings. The van der Waals surface area contributed by atoms with Crippen molar-refractivity contribution >= 4 is 35.1 Å². The van der Waals surface area contributed by atoms with E-state index in [1.54, 1.807) is 24.4 Å². The molecule has 5 nitrogen and oxygen atoms in total. The summed E-state index contributed by atoms with van der Waals surface area (Å²) in [5, 5.41) is 0. The fraction of sp³-hybridized carbons (Fsp3) is 0.250. The Labute approximate surface area is 165 Å². The summed E-state index contributed by atoms with van der Waals surface area (Å²) in [5.74, 6) is 1.91. The number of carbonyl (C=O) groups is 1. The normalized spacial score (nSPS) is 14.6. The van der Waals surface area contributed by atoms with Crippen LogP contribution in [0.4, 0.5) is 0 Å². The van der Waals surface area contributed by atoms with E-state index in [9.17, 15) is 9.59 Å². The van der Waals surface area contributed by atoms with Gasteiger partial charge in [0, 0.05) is 23.8 Å². The molecule has 3 heterocycles. The van der Waals surface area contributed by atoms with Gasteiger partial charge in [0.05, 0.1) is 15.8 Å². The van der Waals surface area contributed by atoms with Gasteiger partial charge in [-0.2, -0.15) is 0 Å². The topological polar surface area (TPSA) is 60.7 Å². The van der Waals surface area contributed by atoms with Crippen molar-refractivity contribution < 1.29 is 9.53 Å². The number of fused-ring (bicyclic) bond motifs is 1. The zero-order valence-corrected chi connectivity index (χ0v) is 16.4. The van der Waals surface area contributed by atoms with Crippen LogP contribution in [0.2, 0.25) is 0 Å². The van der Waals surface area contributed by atoms with Crippen LogP contribution in [-0.4, -0.2) is 26.9 Å². The maximum absolute atomic E-state index is 12.3. The van der Waals surface area contributed by atoms with Crippen LogP contribution in [0.15, 0.2) is 53.5 Å². The van der Waals surface area contributed by atoms with Gasteiger partial charge >= 0.3 is 5.97 Å². The van der Waals surface area contributed by atoms with Gasteiger partial charge < -0.3 is 4.74 Å². The van der Waals surface area contributed by atoms with Gasteiger partial charge in [0.2, 0.25) is 0 Å². The van der Waals surface area contributed by atoms with Crippen LogP contribution in [0.25, 0.3) is 5.65 Å². The molecule has 0 N–H and O–H groups in total. The maximum Gasteiger partial charge on any atom is 0.338 e. The van der Waals surface area contributed by atoms with Crippen molar-refractivity contribution in [1.82, 2.24) is 9.38 Å². The first-order valence-electron chi connectivity index (χ1n) is 8.59. The van der Waals surface area contributed by atoms with Crippen molar-refractivity contribution in [3.05, 3.63) is 81.4 Å². The molecule has 7 heteroatoms. The number of aryl methyl sites for hydroxylation is 1. The lowest BCUT2D eigenvalue weighted by atomic mass is 10.1. The Morgan fingerprint density at radius 2 is 1.93 bits per heavy atom. The molecule has 138 valence electrons. The third kappa shape index (κ3) is 4.04. The predicted octanol–water partition coefficient (Wildman–Crippen LogP) is 3.84. The van der Waals surface area contributed by atoms with Crippen LogP contribution in [0.3, 0.4) is 0 Å². The number of benzene rings is 1. The molecule has 2 aromatic heterocycles. The van der Waals surface area contributed by atoms with E-state index < -0.39 is 5.97 Å². The Bertz CT molecular complexity index is 1040. The largest absolute Gasteiger partial charge is 0.456 e. The average molecular weight is 399 g/mol. The molecular weight excluding hydrogens is 380 g/mol. The molecule has 0 bridgehead atoms. The lowest BCUT2D eigenvalue weighted by Crippen LogP contribution is -2.17. The summed E-state index contributed by atoms with van der Waals surface area (Å²) in [6.45, 7) is 1.88. The second-order valence-corrected chi connectivity index (χ2v) is 9.02. The number of thioether (sulfide) groups is 2. The zero-order chi connectivity index (χ0) is 18.8. The SMILES string of the molecule is Cc1ccc2nc(COC(=O)c3ccc(C4SCCS4)cc3)cc(=O)n2c1. The summed E-state index contributed by atoms with van der Waals surface area (Å²) in [6, 6.07) is 12.6. The fourth-order valence-electron chi connectivity index (χ4n) is 2.88. The summed E-state index contributed by atoms with van der Waals surface area (Å²) < 4.78 is 7.28. The first kappa shape index (κ1) is 18.1. The van der Waals surface area contributed by atoms with E-state index in [2.05, 4.69) is 4.98 Å². The lowest BCUT2D eigenvalue weighted by Gasteiger charge is -2.09. The second-order valence-electron chi connectivity index (χ2n) is 6.29. The van der Waals surface area contributed by atoms with Crippen molar-refractivity contribution in [3.63, 3.8) is 0 Å². The molecule has 0 amide bonds. The number of rotatable bonds is 4. The van der Waals surface area contributed by atoms with Gasteiger partial charge in [-0.1, -0.05) is 18.2 Å². The first-order chi connectivity index (χ1) is 13.1. The summed E-state index contributed by atoms with van der Waals surface area (Å²) in [5.41, 5.74) is 3.48. The highest BCUT2D eigenvalue weighted by atomic mass is 32.2. The number of pyridine rings is 1. The number of hydrogen-bond donors (Lipinski definition) is 0. The number of aromatic nitrogens is 2. The van der Waals surface area contributed by atoms with E-state index in [1.165, 1.54) is 16.0 Å². The summed E-state index contributed by atoms with van der Waals surface area (Å²) in [7, 11) is 0. The molecule has 0 spiro atoms. The summed E-state index contributed by atoms with van der Waals surface area (Å²) in [6.07, 6.45) is 1.74. The van der Waals surface area contributed by atoms with E-state index in [0.29, 0.717) is 21.5 Å². The molecule has 1 aliphatic heterocycles. The zero-order valence-electron chi connectivity index (χ0n) is 14.8. The van der Waals surface area contributed by atoms with E-state index in [0.717, 1.165) is 17.1 Å². The minimum Gasteiger partial charge on any atom is -0.456 e. The van der Waals surface area contributed by atoms with Gasteiger partial charge in [-0.15, -0.1) is 23.5 Å². The lowest BCUT2D eigenvalue weighted by molar-refractivity contribution is 0.0467. The molecule has 1 saturated heterocycles. The predicted molar refractivity (Wildman–Crippen MR) is 109 cm³/mol. The molecule has 1 aromatic carbocycles. The first-order valence-corrected chi connectivity index (χ1v) is 10.7. The maximum atomic E-state index is 12.3. The van der Waals surface area contributed by atoms with E-state index in [1.807, 2.05) is 48.6 Å². The number of esters is 1. The van der Waals surface area contributed by atoms with E-state index in [4.69, 9.17) is 4.74 Å². The Morgan fingerprint density at radius 3 is 2.67 bits per heavy atom. The summed E-state index contributed by atoms with van der Waals surface area (Å²) in [4.78, 5) is 28.9. The molecular formula is C20H18N2O3S2. The van der Waals surface area contributed by atoms with Crippen molar-refractivity contribution in [2.45, 2.75) is 18.1 Å². The molecule has 0 saturated carbocycles. The molecule has 0 atom stereocenters. The molecule has 0 aliphatic carbocycles. The Hall–Kier alpha value is -2.25. The van der Waals surface area contributed by atoms with Crippen molar-refractivity contribution in [2.75, 3.05) is 11.5 Å². The standard InChI is InChI=1S/C20H18N2O3S2/c1-13-2-7-17-21-16(10-18(23)22(17)11-13)12-25-19(24)14-3-5-15(6-4-14)20-26-8-9-27-20/h2-7,10-11,20H,8-9,12H2,1H3. The minimum absolute atomic E-state index is 0.0332. The van der Waals surface area contributed by atoms with Gasteiger partial charge in [0.1, 0.15) is 12.3 Å². The van der Waals surface area contributed by atoms with Crippen molar-refractivity contribution in [3.8, 4) is 0 Å². The van der Waals surface area contributed by atoms with Crippen LogP contribution in [0.1, 0.15) is 31.8 Å². The van der Waals surface area contributed by atoms with Gasteiger partial charge in [-0.25, -0.2) is 9.78 Å². The molecule has 1 fully saturated rings. The van der Waals surface area contributed by atoms with Gasteiger partial charge in [-0.3, -0.25) is 9.20 Å². The van der Waals surface area contributed by atoms with Gasteiger partial charge in [-0.05, 0) is 36.2 Å². The van der Waals surface area contributed by atoms with E-state index >= 15 is 0 Å². The second kappa shape index (κ2) is 7.78. The minimum atomic E-state index is -0.417. The highest BCUT2D eigenvalue weighted by molar-refractivity contribution is 8.19. The quantitative estimate of drug-likeness (QED) is 0.623. The van der Waals surface area contributed by atoms with Crippen LogP contribution in [-0.2, 0) is 11.3 Å². The summed E-state index contributed by atoms with van der Waals surface area (Å²) >= 11 is 3.85. The third-order valence-electron chi connectivity index (χ3n) is 4.25. The fourth-order valence-corrected chi connectivity index (χ4v) is 5.74. The number of hydrogen-bond acceptors (Lipinski definition) is 6. The monoisotopic (exact) mass is 398 g/mol. The third-order valence-corrected chi connectivity index (χ3v) is 7.36.